The molecule has 2 aliphatic rings. The molecule has 2 aromatic rings. The van der Waals surface area contributed by atoms with Crippen molar-refractivity contribution in [3.8, 4) is 5.75 Å². The van der Waals surface area contributed by atoms with Gasteiger partial charge in [0.05, 0.1) is 6.61 Å². The average molecular weight is 483 g/mol. The molecule has 0 N–H and O–H groups in total. The van der Waals surface area contributed by atoms with Crippen molar-refractivity contribution in [2.45, 2.75) is 70.4 Å². The van der Waals surface area contributed by atoms with Crippen molar-refractivity contribution >= 4 is 23.4 Å². The molecular weight excluding hydrogens is 448 g/mol. The third-order valence-corrected chi connectivity index (χ3v) is 7.24. The van der Waals surface area contributed by atoms with Crippen molar-refractivity contribution in [3.05, 3.63) is 64.7 Å². The van der Waals surface area contributed by atoms with E-state index in [4.69, 9.17) is 16.3 Å². The van der Waals surface area contributed by atoms with Gasteiger partial charge in [-0.25, -0.2) is 0 Å². The lowest BCUT2D eigenvalue weighted by Crippen LogP contribution is -2.58. The van der Waals surface area contributed by atoms with E-state index in [9.17, 15) is 9.59 Å². The first-order valence-corrected chi connectivity index (χ1v) is 13.0. The second-order valence-corrected chi connectivity index (χ2v) is 9.83. The van der Waals surface area contributed by atoms with E-state index < -0.39 is 6.04 Å². The van der Waals surface area contributed by atoms with Crippen LogP contribution < -0.4 is 4.74 Å². The van der Waals surface area contributed by atoms with E-state index in [0.29, 0.717) is 24.6 Å². The van der Waals surface area contributed by atoms with Gasteiger partial charge in [-0.2, -0.15) is 0 Å². The summed E-state index contributed by atoms with van der Waals surface area (Å²) in [6, 6.07) is 15.0. The molecular formula is C28H35ClN2O3. The van der Waals surface area contributed by atoms with E-state index >= 15 is 0 Å². The summed E-state index contributed by atoms with van der Waals surface area (Å²) in [6.45, 7) is 3.48. The SMILES string of the molecule is CCCCOc1ccc([C@@H]2C(=O)N(C3CCCCC3)CC(=O)N2CCc2ccc(Cl)cc2)cc1. The molecule has 34 heavy (non-hydrogen) atoms. The number of piperazine rings is 1. The van der Waals surface area contributed by atoms with Gasteiger partial charge in [0.2, 0.25) is 5.91 Å². The minimum Gasteiger partial charge on any atom is -0.494 e. The first-order chi connectivity index (χ1) is 16.6. The quantitative estimate of drug-likeness (QED) is 0.424. The van der Waals surface area contributed by atoms with Crippen LogP contribution in [-0.4, -0.2) is 47.4 Å². The minimum atomic E-state index is -0.597. The Bertz CT molecular complexity index is 955. The van der Waals surface area contributed by atoms with Crippen LogP contribution in [-0.2, 0) is 16.0 Å². The summed E-state index contributed by atoms with van der Waals surface area (Å²) in [7, 11) is 0. The Hall–Kier alpha value is -2.53. The molecule has 182 valence electrons. The van der Waals surface area contributed by atoms with Crippen molar-refractivity contribution in [1.29, 1.82) is 0 Å². The van der Waals surface area contributed by atoms with E-state index in [2.05, 4.69) is 6.92 Å². The third kappa shape index (κ3) is 5.93. The monoisotopic (exact) mass is 482 g/mol. The Morgan fingerprint density at radius 3 is 2.35 bits per heavy atom. The molecule has 0 unspecified atom stereocenters. The molecule has 1 aliphatic heterocycles. The van der Waals surface area contributed by atoms with Crippen molar-refractivity contribution < 1.29 is 14.3 Å². The van der Waals surface area contributed by atoms with Crippen LogP contribution in [0, 0.1) is 0 Å². The van der Waals surface area contributed by atoms with Gasteiger partial charge in [-0.05, 0) is 61.1 Å². The number of hydrogen-bond acceptors (Lipinski definition) is 3. The molecule has 1 atom stereocenters. The van der Waals surface area contributed by atoms with Gasteiger partial charge in [0.25, 0.3) is 5.91 Å². The molecule has 1 saturated heterocycles. The lowest BCUT2D eigenvalue weighted by Gasteiger charge is -2.44. The van der Waals surface area contributed by atoms with E-state index in [0.717, 1.165) is 55.4 Å². The summed E-state index contributed by atoms with van der Waals surface area (Å²) < 4.78 is 5.81. The van der Waals surface area contributed by atoms with Gasteiger partial charge in [-0.3, -0.25) is 9.59 Å². The molecule has 2 aromatic carbocycles. The summed E-state index contributed by atoms with van der Waals surface area (Å²) >= 11 is 6.02. The number of ether oxygens (including phenoxy) is 1. The van der Waals surface area contributed by atoms with E-state index in [-0.39, 0.29) is 24.4 Å². The molecule has 1 heterocycles. The maximum absolute atomic E-state index is 13.8. The number of unbranched alkanes of at least 4 members (excludes halogenated alkanes) is 1. The summed E-state index contributed by atoms with van der Waals surface area (Å²) in [4.78, 5) is 30.8. The summed E-state index contributed by atoms with van der Waals surface area (Å²) in [5.41, 5.74) is 1.94. The number of carbonyl (C=O) groups is 2. The Labute approximate surface area is 208 Å². The normalized spacial score (nSPS) is 19.5. The molecule has 0 spiro atoms. The lowest BCUT2D eigenvalue weighted by molar-refractivity contribution is -0.159. The summed E-state index contributed by atoms with van der Waals surface area (Å²) in [6.07, 6.45) is 8.19. The molecule has 5 nitrogen and oxygen atoms in total. The smallest absolute Gasteiger partial charge is 0.250 e. The lowest BCUT2D eigenvalue weighted by atomic mass is 9.91. The number of benzene rings is 2. The number of carbonyl (C=O) groups excluding carboxylic acids is 2. The second-order valence-electron chi connectivity index (χ2n) is 9.40. The minimum absolute atomic E-state index is 0.0207. The fourth-order valence-corrected chi connectivity index (χ4v) is 5.13. The molecule has 0 bridgehead atoms. The largest absolute Gasteiger partial charge is 0.494 e. The zero-order valence-electron chi connectivity index (χ0n) is 20.0. The summed E-state index contributed by atoms with van der Waals surface area (Å²) in [5.74, 6) is 0.860. The van der Waals surface area contributed by atoms with Crippen LogP contribution >= 0.6 is 11.6 Å². The average Bonchev–Trinajstić information content (AvgIpc) is 2.86. The third-order valence-electron chi connectivity index (χ3n) is 6.99. The van der Waals surface area contributed by atoms with E-state index in [1.807, 2.05) is 53.4 Å². The van der Waals surface area contributed by atoms with Crippen LogP contribution in [0.25, 0.3) is 0 Å². The van der Waals surface area contributed by atoms with Crippen LogP contribution in [0.2, 0.25) is 5.02 Å². The maximum atomic E-state index is 13.8. The van der Waals surface area contributed by atoms with Gasteiger partial charge in [0.15, 0.2) is 0 Å². The van der Waals surface area contributed by atoms with Gasteiger partial charge < -0.3 is 14.5 Å². The van der Waals surface area contributed by atoms with Crippen LogP contribution in [0.1, 0.15) is 69.0 Å². The highest BCUT2D eigenvalue weighted by Gasteiger charge is 2.42. The maximum Gasteiger partial charge on any atom is 0.250 e. The standard InChI is InChI=1S/C28H35ClN2O3/c1-2-3-19-34-25-15-11-22(12-16-25)27-28(33)31(24-7-5-4-6-8-24)20-26(32)30(27)18-17-21-9-13-23(29)14-10-21/h9-16,24,27H,2-8,17-20H2,1H3/t27-/m1/s1. The molecule has 1 aliphatic carbocycles. The summed E-state index contributed by atoms with van der Waals surface area (Å²) in [5, 5.41) is 0.690. The Morgan fingerprint density at radius 1 is 0.971 bits per heavy atom. The highest BCUT2D eigenvalue weighted by Crippen LogP contribution is 2.33. The number of hydrogen-bond donors (Lipinski definition) is 0. The number of halogens is 1. The van der Waals surface area contributed by atoms with Crippen LogP contribution in [0.3, 0.4) is 0 Å². The zero-order chi connectivity index (χ0) is 23.9. The number of rotatable bonds is 9. The molecule has 2 fully saturated rings. The van der Waals surface area contributed by atoms with E-state index in [1.54, 1.807) is 4.90 Å². The predicted molar refractivity (Wildman–Crippen MR) is 135 cm³/mol. The predicted octanol–water partition coefficient (Wildman–Crippen LogP) is 5.81. The van der Waals surface area contributed by atoms with Crippen LogP contribution in [0.15, 0.2) is 48.5 Å². The first-order valence-electron chi connectivity index (χ1n) is 12.6. The van der Waals surface area contributed by atoms with Crippen molar-refractivity contribution in [2.75, 3.05) is 19.7 Å². The van der Waals surface area contributed by atoms with Gasteiger partial charge in [0.1, 0.15) is 18.3 Å². The van der Waals surface area contributed by atoms with Gasteiger partial charge >= 0.3 is 0 Å². The Kier molecular flexibility index (Phi) is 8.49. The van der Waals surface area contributed by atoms with Crippen molar-refractivity contribution in [2.24, 2.45) is 0 Å². The molecule has 1 saturated carbocycles. The highest BCUT2D eigenvalue weighted by molar-refractivity contribution is 6.30. The molecule has 0 aromatic heterocycles. The molecule has 2 amide bonds. The number of nitrogens with zero attached hydrogens (tertiary/aromatic N) is 2. The van der Waals surface area contributed by atoms with E-state index in [1.165, 1.54) is 6.42 Å². The Morgan fingerprint density at radius 2 is 1.68 bits per heavy atom. The van der Waals surface area contributed by atoms with Crippen LogP contribution in [0.5, 0.6) is 5.75 Å². The van der Waals surface area contributed by atoms with Crippen molar-refractivity contribution in [1.82, 2.24) is 9.80 Å². The zero-order valence-corrected chi connectivity index (χ0v) is 20.8. The van der Waals surface area contributed by atoms with Gasteiger partial charge in [0, 0.05) is 17.6 Å². The molecule has 0 radical (unpaired) electrons. The molecule has 6 heteroatoms. The van der Waals surface area contributed by atoms with Gasteiger partial charge in [-0.15, -0.1) is 0 Å². The first kappa shape index (κ1) is 24.6. The van der Waals surface area contributed by atoms with Crippen molar-refractivity contribution in [3.63, 3.8) is 0 Å². The fourth-order valence-electron chi connectivity index (χ4n) is 5.01. The Balaban J connectivity index is 1.56. The van der Waals surface area contributed by atoms with Crippen LogP contribution in [0.4, 0.5) is 0 Å². The highest BCUT2D eigenvalue weighted by atomic mass is 35.5. The second kappa shape index (κ2) is 11.7. The topological polar surface area (TPSA) is 49.9 Å². The van der Waals surface area contributed by atoms with Gasteiger partial charge in [-0.1, -0.05) is 68.5 Å². The molecule has 4 rings (SSSR count). The number of amides is 2. The fraction of sp³-hybridized carbons (Fsp3) is 0.500.